The van der Waals surface area contributed by atoms with Gasteiger partial charge in [-0.2, -0.15) is 4.90 Å². The standard InChI is InChI=1S/C32H41N7O8/c1-31(2,3)46-29(43)39(30(44)47-32(4,5)6)25-24(34-23(14-33-25)38-16-20-12-13-22(40)21(20)17-38)27-36-35-26(45-27)19-10-8-18(9-11-19)15-37(7)28(41)42/h8-11,14,20-22,40H,12-13,15-17H2,1-7H3,(H,41,42)/t20-,21+,22?/m0/s1. The summed E-state index contributed by atoms with van der Waals surface area (Å²) in [5.74, 6) is 0.646. The number of imide groups is 1. The van der Waals surface area contributed by atoms with Gasteiger partial charge in [-0.3, -0.25) is 0 Å². The van der Waals surface area contributed by atoms with Gasteiger partial charge in [-0.25, -0.2) is 24.4 Å². The van der Waals surface area contributed by atoms with Crippen molar-refractivity contribution in [1.29, 1.82) is 0 Å². The Balaban J connectivity index is 1.55. The molecule has 2 aliphatic rings. The van der Waals surface area contributed by atoms with E-state index in [9.17, 15) is 24.6 Å². The lowest BCUT2D eigenvalue weighted by molar-refractivity contribution is 0.0428. The van der Waals surface area contributed by atoms with Crippen LogP contribution in [0.3, 0.4) is 0 Å². The predicted octanol–water partition coefficient (Wildman–Crippen LogP) is 5.19. The number of aromatic nitrogens is 4. The molecule has 5 rings (SSSR count). The number of anilines is 2. The second kappa shape index (κ2) is 12.8. The van der Waals surface area contributed by atoms with Gasteiger partial charge < -0.3 is 33.9 Å². The van der Waals surface area contributed by atoms with Gasteiger partial charge in [-0.05, 0) is 78.0 Å². The van der Waals surface area contributed by atoms with Gasteiger partial charge in [0.05, 0.1) is 12.3 Å². The fourth-order valence-corrected chi connectivity index (χ4v) is 5.65. The van der Waals surface area contributed by atoms with E-state index in [0.717, 1.165) is 23.3 Å². The van der Waals surface area contributed by atoms with Gasteiger partial charge in [-0.1, -0.05) is 12.1 Å². The number of carbonyl (C=O) groups excluding carboxylic acids is 2. The van der Waals surface area contributed by atoms with Crippen molar-refractivity contribution < 1.29 is 38.5 Å². The molecule has 2 fully saturated rings. The van der Waals surface area contributed by atoms with Crippen LogP contribution in [-0.4, -0.2) is 91.0 Å². The Bertz CT molecular complexity index is 1600. The van der Waals surface area contributed by atoms with Crippen LogP contribution < -0.4 is 9.80 Å². The largest absolute Gasteiger partial charge is 0.465 e. The molecule has 0 radical (unpaired) electrons. The van der Waals surface area contributed by atoms with Crippen LogP contribution in [0, 0.1) is 11.8 Å². The number of aliphatic hydroxyl groups is 1. The van der Waals surface area contributed by atoms with Crippen LogP contribution in [0.4, 0.5) is 26.0 Å². The molecule has 15 nitrogen and oxygen atoms in total. The Morgan fingerprint density at radius 1 is 0.957 bits per heavy atom. The Morgan fingerprint density at radius 2 is 1.57 bits per heavy atom. The third-order valence-electron chi connectivity index (χ3n) is 7.82. The average molecular weight is 652 g/mol. The van der Waals surface area contributed by atoms with Gasteiger partial charge in [-0.15, -0.1) is 10.2 Å². The Hall–Kier alpha value is -4.79. The summed E-state index contributed by atoms with van der Waals surface area (Å²) in [6, 6.07) is 6.92. The van der Waals surface area contributed by atoms with Crippen molar-refractivity contribution in [2.24, 2.45) is 11.8 Å². The van der Waals surface area contributed by atoms with Gasteiger partial charge in [0.25, 0.3) is 5.89 Å². The summed E-state index contributed by atoms with van der Waals surface area (Å²) in [6.07, 6.45) is -0.369. The first kappa shape index (κ1) is 33.6. The first-order valence-corrected chi connectivity index (χ1v) is 15.4. The van der Waals surface area contributed by atoms with Crippen LogP contribution in [0.25, 0.3) is 23.0 Å². The molecule has 1 aromatic carbocycles. The highest BCUT2D eigenvalue weighted by Gasteiger charge is 2.43. The molecule has 252 valence electrons. The van der Waals surface area contributed by atoms with Gasteiger partial charge in [0.1, 0.15) is 17.0 Å². The van der Waals surface area contributed by atoms with Crippen LogP contribution in [0.1, 0.15) is 59.9 Å². The lowest BCUT2D eigenvalue weighted by Gasteiger charge is -2.28. The Labute approximate surface area is 272 Å². The van der Waals surface area contributed by atoms with Crippen LogP contribution in [0.2, 0.25) is 0 Å². The molecule has 3 amide bonds. The number of hydrogen-bond donors (Lipinski definition) is 2. The number of rotatable bonds is 6. The Morgan fingerprint density at radius 3 is 2.15 bits per heavy atom. The molecule has 2 N–H and O–H groups in total. The second-order valence-corrected chi connectivity index (χ2v) is 13.9. The first-order chi connectivity index (χ1) is 22.0. The van der Waals surface area contributed by atoms with Crippen LogP contribution in [0.15, 0.2) is 34.9 Å². The summed E-state index contributed by atoms with van der Waals surface area (Å²) < 4.78 is 17.2. The Kier molecular flexibility index (Phi) is 9.13. The van der Waals surface area contributed by atoms with Crippen LogP contribution in [0.5, 0.6) is 0 Å². The number of fused-ring (bicyclic) bond motifs is 1. The van der Waals surface area contributed by atoms with E-state index < -0.39 is 29.5 Å². The highest BCUT2D eigenvalue weighted by Crippen LogP contribution is 2.40. The SMILES string of the molecule is CN(Cc1ccc(-c2nnc(-c3nc(N4C[C@@H]5CCC(O)[C@@H]5C4)cnc3N(C(=O)OC(C)(C)C)C(=O)OC(C)(C)C)o2)cc1)C(=O)O. The summed E-state index contributed by atoms with van der Waals surface area (Å²) in [7, 11) is 1.47. The lowest BCUT2D eigenvalue weighted by Crippen LogP contribution is -2.44. The maximum absolute atomic E-state index is 13.5. The fraction of sp³-hybridized carbons (Fsp3) is 0.531. The van der Waals surface area contributed by atoms with E-state index in [2.05, 4.69) is 15.2 Å². The summed E-state index contributed by atoms with van der Waals surface area (Å²) >= 11 is 0. The smallest absolute Gasteiger partial charge is 0.425 e. The number of hydrogen-bond acceptors (Lipinski definition) is 12. The van der Waals surface area contributed by atoms with E-state index in [1.165, 1.54) is 13.2 Å². The lowest BCUT2D eigenvalue weighted by atomic mass is 10.00. The molecule has 2 aromatic heterocycles. The minimum atomic E-state index is -1.05. The molecule has 1 unspecified atom stereocenters. The van der Waals surface area contributed by atoms with Crippen molar-refractivity contribution >= 4 is 29.9 Å². The molecule has 1 aliphatic carbocycles. The van der Waals surface area contributed by atoms with Gasteiger partial charge in [0, 0.05) is 38.2 Å². The van der Waals surface area contributed by atoms with Crippen molar-refractivity contribution in [2.45, 2.75) is 78.2 Å². The second-order valence-electron chi connectivity index (χ2n) is 13.9. The van der Waals surface area contributed by atoms with Crippen molar-refractivity contribution in [1.82, 2.24) is 25.1 Å². The molecule has 1 aliphatic heterocycles. The molecule has 47 heavy (non-hydrogen) atoms. The summed E-state index contributed by atoms with van der Waals surface area (Å²) in [4.78, 5) is 51.5. The maximum atomic E-state index is 13.5. The molecule has 1 saturated carbocycles. The number of aliphatic hydroxyl groups excluding tert-OH is 1. The molecule has 3 heterocycles. The predicted molar refractivity (Wildman–Crippen MR) is 170 cm³/mol. The zero-order valence-electron chi connectivity index (χ0n) is 27.6. The number of carboxylic acid groups (broad SMARTS) is 1. The van der Waals surface area contributed by atoms with Gasteiger partial charge >= 0.3 is 18.3 Å². The molecule has 3 aromatic rings. The number of benzene rings is 1. The molecule has 0 bridgehead atoms. The summed E-state index contributed by atoms with van der Waals surface area (Å²) in [5, 5.41) is 28.1. The third kappa shape index (κ3) is 7.79. The number of amides is 3. The third-order valence-corrected chi connectivity index (χ3v) is 7.82. The monoisotopic (exact) mass is 651 g/mol. The molecule has 0 spiro atoms. The molecular weight excluding hydrogens is 610 g/mol. The zero-order valence-corrected chi connectivity index (χ0v) is 27.6. The number of ether oxygens (including phenoxy) is 2. The summed E-state index contributed by atoms with van der Waals surface area (Å²) in [5.41, 5.74) is -0.654. The van der Waals surface area contributed by atoms with E-state index >= 15 is 0 Å². The normalized spacial score (nSPS) is 19.3. The van der Waals surface area contributed by atoms with Crippen molar-refractivity contribution in [3.8, 4) is 23.0 Å². The fourth-order valence-electron chi connectivity index (χ4n) is 5.65. The van der Waals surface area contributed by atoms with Crippen LogP contribution in [-0.2, 0) is 16.0 Å². The number of nitrogens with zero attached hydrogens (tertiary/aromatic N) is 7. The maximum Gasteiger partial charge on any atom is 0.425 e. The van der Waals surface area contributed by atoms with E-state index in [1.54, 1.807) is 65.8 Å². The highest BCUT2D eigenvalue weighted by atomic mass is 16.6. The van der Waals surface area contributed by atoms with Crippen molar-refractivity contribution in [2.75, 3.05) is 29.9 Å². The average Bonchev–Trinajstić information content (AvgIpc) is 3.70. The molecule has 3 atom stereocenters. The highest BCUT2D eigenvalue weighted by molar-refractivity contribution is 6.10. The minimum Gasteiger partial charge on any atom is -0.465 e. The summed E-state index contributed by atoms with van der Waals surface area (Å²) in [6.45, 7) is 11.4. The first-order valence-electron chi connectivity index (χ1n) is 15.4. The van der Waals surface area contributed by atoms with Crippen molar-refractivity contribution in [3.05, 3.63) is 36.0 Å². The van der Waals surface area contributed by atoms with E-state index in [4.69, 9.17) is 18.9 Å². The number of carbonyl (C=O) groups is 3. The van der Waals surface area contributed by atoms with E-state index in [0.29, 0.717) is 35.3 Å². The quantitative estimate of drug-likeness (QED) is 0.355. The molecule has 15 heteroatoms. The molecule has 1 saturated heterocycles. The van der Waals surface area contributed by atoms with Gasteiger partial charge in [0.2, 0.25) is 5.89 Å². The minimum absolute atomic E-state index is 0.0460. The van der Waals surface area contributed by atoms with E-state index in [-0.39, 0.29) is 41.9 Å². The topological polar surface area (TPSA) is 185 Å². The van der Waals surface area contributed by atoms with E-state index in [1.807, 2.05) is 4.90 Å². The van der Waals surface area contributed by atoms with Gasteiger partial charge in [0.15, 0.2) is 11.5 Å². The zero-order chi connectivity index (χ0) is 34.3. The van der Waals surface area contributed by atoms with Crippen LogP contribution >= 0.6 is 0 Å². The molecular formula is C32H41N7O8. The van der Waals surface area contributed by atoms with Crippen molar-refractivity contribution in [3.63, 3.8) is 0 Å².